The Labute approximate surface area is 163 Å². The van der Waals surface area contributed by atoms with Gasteiger partial charge >= 0.3 is 6.03 Å². The largest absolute Gasteiger partial charge is 0.360 e. The van der Waals surface area contributed by atoms with Gasteiger partial charge in [-0.2, -0.15) is 5.10 Å². The predicted molar refractivity (Wildman–Crippen MR) is 102 cm³/mol. The molecule has 0 radical (unpaired) electrons. The Morgan fingerprint density at radius 2 is 2.04 bits per heavy atom. The molecule has 3 amide bonds. The number of hydrogen-bond acceptors (Lipinski definition) is 5. The molecule has 0 aromatic carbocycles. The van der Waals surface area contributed by atoms with Crippen LogP contribution in [0.2, 0.25) is 0 Å². The van der Waals surface area contributed by atoms with E-state index in [1.807, 2.05) is 17.9 Å². The number of carbonyl (C=O) groups is 2. The van der Waals surface area contributed by atoms with Crippen LogP contribution in [-0.2, 0) is 18.3 Å². The fourth-order valence-corrected chi connectivity index (χ4v) is 4.06. The minimum absolute atomic E-state index is 0.0152. The topological polar surface area (TPSA) is 105 Å². The van der Waals surface area contributed by atoms with Crippen molar-refractivity contribution in [1.82, 2.24) is 25.2 Å². The molecule has 150 valence electrons. The lowest BCUT2D eigenvalue weighted by atomic mass is 9.93. The molecule has 0 spiro atoms. The van der Waals surface area contributed by atoms with Crippen molar-refractivity contribution in [3.05, 3.63) is 29.3 Å². The zero-order valence-electron chi connectivity index (χ0n) is 16.3. The molecular weight excluding hydrogens is 360 g/mol. The van der Waals surface area contributed by atoms with Gasteiger partial charge in [0.1, 0.15) is 5.76 Å². The molecule has 1 unspecified atom stereocenters. The third kappa shape index (κ3) is 3.88. The van der Waals surface area contributed by atoms with Crippen LogP contribution in [-0.4, -0.2) is 44.9 Å². The molecule has 28 heavy (non-hydrogen) atoms. The van der Waals surface area contributed by atoms with Crippen molar-refractivity contribution in [1.29, 1.82) is 0 Å². The minimum atomic E-state index is -0.124. The second kappa shape index (κ2) is 7.65. The highest BCUT2D eigenvalue weighted by molar-refractivity contribution is 5.91. The SMILES string of the molecule is Cc1cc(NC(=O)C2CCN(C(=O)NC3CCCc4nn(C)cc43)CC2)no1. The third-order valence-electron chi connectivity index (χ3n) is 5.55. The van der Waals surface area contributed by atoms with E-state index in [0.717, 1.165) is 30.5 Å². The standard InChI is InChI=1S/C19H26N6O3/c1-12-10-17(23-28-12)21-18(26)13-6-8-25(9-7-13)19(27)20-15-4-3-5-16-14(15)11-24(2)22-16/h10-11,13,15H,3-9H2,1-2H3,(H,20,27)(H,21,23,26). The summed E-state index contributed by atoms with van der Waals surface area (Å²) in [5.74, 6) is 0.898. The molecule has 1 aliphatic heterocycles. The predicted octanol–water partition coefficient (Wildman–Crippen LogP) is 2.15. The van der Waals surface area contributed by atoms with Gasteiger partial charge in [0, 0.05) is 43.9 Å². The zero-order valence-corrected chi connectivity index (χ0v) is 16.3. The number of rotatable bonds is 3. The summed E-state index contributed by atoms with van der Waals surface area (Å²) in [4.78, 5) is 26.9. The van der Waals surface area contributed by atoms with Crippen LogP contribution in [0.15, 0.2) is 16.8 Å². The van der Waals surface area contributed by atoms with E-state index >= 15 is 0 Å². The van der Waals surface area contributed by atoms with E-state index < -0.39 is 0 Å². The summed E-state index contributed by atoms with van der Waals surface area (Å²) in [6.45, 7) is 2.91. The molecule has 4 rings (SSSR count). The van der Waals surface area contributed by atoms with Gasteiger partial charge in [-0.3, -0.25) is 9.48 Å². The molecular formula is C19H26N6O3. The van der Waals surface area contributed by atoms with Crippen molar-refractivity contribution >= 4 is 17.8 Å². The number of likely N-dealkylation sites (tertiary alicyclic amines) is 1. The Morgan fingerprint density at radius 1 is 1.25 bits per heavy atom. The molecule has 1 fully saturated rings. The van der Waals surface area contributed by atoms with Crippen molar-refractivity contribution in [2.24, 2.45) is 13.0 Å². The van der Waals surface area contributed by atoms with Gasteiger partial charge < -0.3 is 20.1 Å². The summed E-state index contributed by atoms with van der Waals surface area (Å²) in [5, 5.41) is 14.2. The van der Waals surface area contributed by atoms with Crippen molar-refractivity contribution in [3.8, 4) is 0 Å². The first-order chi connectivity index (χ1) is 13.5. The van der Waals surface area contributed by atoms with Gasteiger partial charge in [0.15, 0.2) is 5.82 Å². The van der Waals surface area contributed by atoms with Crippen LogP contribution >= 0.6 is 0 Å². The van der Waals surface area contributed by atoms with Crippen LogP contribution in [0.3, 0.4) is 0 Å². The number of nitrogens with one attached hydrogen (secondary N) is 2. The number of fused-ring (bicyclic) bond motifs is 1. The second-order valence-corrected chi connectivity index (χ2v) is 7.67. The van der Waals surface area contributed by atoms with Gasteiger partial charge in [-0.05, 0) is 39.0 Å². The van der Waals surface area contributed by atoms with E-state index in [1.54, 1.807) is 17.9 Å². The summed E-state index contributed by atoms with van der Waals surface area (Å²) in [6.07, 6.45) is 6.20. The Morgan fingerprint density at radius 3 is 2.75 bits per heavy atom. The highest BCUT2D eigenvalue weighted by Gasteiger charge is 2.30. The molecule has 9 heteroatoms. The van der Waals surface area contributed by atoms with Gasteiger partial charge in [0.2, 0.25) is 5.91 Å². The number of hydrogen-bond donors (Lipinski definition) is 2. The van der Waals surface area contributed by atoms with E-state index in [2.05, 4.69) is 20.9 Å². The van der Waals surface area contributed by atoms with Crippen molar-refractivity contribution < 1.29 is 14.1 Å². The average Bonchev–Trinajstić information content (AvgIpc) is 3.26. The Bertz CT molecular complexity index is 865. The average molecular weight is 386 g/mol. The number of amides is 3. The number of anilines is 1. The Kier molecular flexibility index (Phi) is 5.06. The monoisotopic (exact) mass is 386 g/mol. The van der Waals surface area contributed by atoms with Crippen LogP contribution in [0.25, 0.3) is 0 Å². The highest BCUT2D eigenvalue weighted by atomic mass is 16.5. The van der Waals surface area contributed by atoms with E-state index in [1.165, 1.54) is 0 Å². The van der Waals surface area contributed by atoms with E-state index in [9.17, 15) is 9.59 Å². The van der Waals surface area contributed by atoms with Crippen molar-refractivity contribution in [2.45, 2.75) is 45.1 Å². The summed E-state index contributed by atoms with van der Waals surface area (Å²) < 4.78 is 6.78. The van der Waals surface area contributed by atoms with E-state index in [0.29, 0.717) is 37.5 Å². The van der Waals surface area contributed by atoms with Gasteiger partial charge in [-0.15, -0.1) is 0 Å². The molecule has 2 N–H and O–H groups in total. The lowest BCUT2D eigenvalue weighted by molar-refractivity contribution is -0.121. The maximum atomic E-state index is 12.7. The minimum Gasteiger partial charge on any atom is -0.360 e. The first-order valence-corrected chi connectivity index (χ1v) is 9.81. The number of urea groups is 1. The molecule has 9 nitrogen and oxygen atoms in total. The van der Waals surface area contributed by atoms with Gasteiger partial charge in [-0.1, -0.05) is 5.16 Å². The first-order valence-electron chi connectivity index (χ1n) is 9.81. The number of aryl methyl sites for hydroxylation is 3. The number of aromatic nitrogens is 3. The normalized spacial score (nSPS) is 19.9. The molecule has 2 aromatic rings. The van der Waals surface area contributed by atoms with E-state index in [4.69, 9.17) is 4.52 Å². The van der Waals surface area contributed by atoms with Crippen LogP contribution in [0.1, 0.15) is 48.7 Å². The maximum Gasteiger partial charge on any atom is 0.317 e. The molecule has 2 aromatic heterocycles. The van der Waals surface area contributed by atoms with Gasteiger partial charge in [0.05, 0.1) is 11.7 Å². The van der Waals surface area contributed by atoms with Crippen molar-refractivity contribution in [3.63, 3.8) is 0 Å². The quantitative estimate of drug-likeness (QED) is 0.841. The first kappa shape index (κ1) is 18.5. The molecule has 1 aliphatic carbocycles. The van der Waals surface area contributed by atoms with Gasteiger partial charge in [0.25, 0.3) is 0 Å². The Hall–Kier alpha value is -2.84. The number of carbonyl (C=O) groups excluding carboxylic acids is 2. The summed E-state index contributed by atoms with van der Waals surface area (Å²) in [5.41, 5.74) is 2.21. The molecule has 3 heterocycles. The summed E-state index contributed by atoms with van der Waals surface area (Å²) in [7, 11) is 1.91. The van der Waals surface area contributed by atoms with E-state index in [-0.39, 0.29) is 23.9 Å². The zero-order chi connectivity index (χ0) is 19.7. The summed E-state index contributed by atoms with van der Waals surface area (Å²) in [6, 6.07) is 1.64. The second-order valence-electron chi connectivity index (χ2n) is 7.67. The maximum absolute atomic E-state index is 12.7. The van der Waals surface area contributed by atoms with Crippen molar-refractivity contribution in [2.75, 3.05) is 18.4 Å². The molecule has 1 atom stereocenters. The summed E-state index contributed by atoms with van der Waals surface area (Å²) >= 11 is 0. The van der Waals surface area contributed by atoms with Gasteiger partial charge in [-0.25, -0.2) is 4.79 Å². The lowest BCUT2D eigenvalue weighted by Gasteiger charge is -2.33. The third-order valence-corrected chi connectivity index (χ3v) is 5.55. The number of nitrogens with zero attached hydrogens (tertiary/aromatic N) is 4. The smallest absolute Gasteiger partial charge is 0.317 e. The highest BCUT2D eigenvalue weighted by Crippen LogP contribution is 2.29. The fraction of sp³-hybridized carbons (Fsp3) is 0.579. The lowest BCUT2D eigenvalue weighted by Crippen LogP contribution is -2.47. The Balaban J connectivity index is 1.29. The molecule has 2 aliphatic rings. The fourth-order valence-electron chi connectivity index (χ4n) is 4.06. The molecule has 1 saturated heterocycles. The van der Waals surface area contributed by atoms with Crippen LogP contribution in [0.4, 0.5) is 10.6 Å². The van der Waals surface area contributed by atoms with Crippen LogP contribution in [0, 0.1) is 12.8 Å². The van der Waals surface area contributed by atoms with Crippen LogP contribution < -0.4 is 10.6 Å². The van der Waals surface area contributed by atoms with Crippen LogP contribution in [0.5, 0.6) is 0 Å². The molecule has 0 saturated carbocycles. The number of piperidine rings is 1. The molecule has 0 bridgehead atoms.